The Bertz CT molecular complexity index is 223. The molecule has 2 atom stereocenters. The molecule has 0 amide bonds. The fourth-order valence-corrected chi connectivity index (χ4v) is 3.49. The van der Waals surface area contributed by atoms with E-state index in [9.17, 15) is 5.11 Å². The summed E-state index contributed by atoms with van der Waals surface area (Å²) in [4.78, 5) is 0. The Labute approximate surface area is 106 Å². The Morgan fingerprint density at radius 3 is 2.41 bits per heavy atom. The average Bonchev–Trinajstić information content (AvgIpc) is 2.53. The molecule has 100 valence electrons. The first kappa shape index (κ1) is 13.4. The lowest BCUT2D eigenvalue weighted by Gasteiger charge is -2.36. The molecule has 0 bridgehead atoms. The lowest BCUT2D eigenvalue weighted by molar-refractivity contribution is 0.106. The van der Waals surface area contributed by atoms with Gasteiger partial charge in [0.2, 0.25) is 0 Å². The standard InChI is InChI=1S/C15H29NO/c1-15(10-6-3-7-11-15)12-16-13-8-4-2-5-9-14(13)17/h13-14,16-17H,2-12H2,1H3. The van der Waals surface area contributed by atoms with Crippen molar-refractivity contribution in [2.24, 2.45) is 5.41 Å². The molecule has 0 spiro atoms. The van der Waals surface area contributed by atoms with Crippen LogP contribution in [0.15, 0.2) is 0 Å². The van der Waals surface area contributed by atoms with Crippen molar-refractivity contribution < 1.29 is 5.11 Å². The molecular formula is C15H29NO. The maximum absolute atomic E-state index is 10.1. The van der Waals surface area contributed by atoms with Crippen molar-refractivity contribution in [3.8, 4) is 0 Å². The predicted octanol–water partition coefficient (Wildman–Crippen LogP) is 3.24. The van der Waals surface area contributed by atoms with Crippen LogP contribution in [0, 0.1) is 5.41 Å². The lowest BCUT2D eigenvalue weighted by atomic mass is 9.75. The van der Waals surface area contributed by atoms with Crippen molar-refractivity contribution in [1.82, 2.24) is 5.32 Å². The Morgan fingerprint density at radius 1 is 1.00 bits per heavy atom. The van der Waals surface area contributed by atoms with Gasteiger partial charge in [-0.2, -0.15) is 0 Å². The molecule has 0 aromatic heterocycles. The van der Waals surface area contributed by atoms with Crippen molar-refractivity contribution in [1.29, 1.82) is 0 Å². The van der Waals surface area contributed by atoms with Crippen LogP contribution in [0.1, 0.15) is 71.1 Å². The first-order chi connectivity index (χ1) is 8.20. The van der Waals surface area contributed by atoms with Gasteiger partial charge in [0.1, 0.15) is 0 Å². The third-order valence-corrected chi connectivity index (χ3v) is 4.83. The molecule has 2 aliphatic carbocycles. The molecule has 2 aliphatic rings. The minimum absolute atomic E-state index is 0.107. The van der Waals surface area contributed by atoms with E-state index in [0.29, 0.717) is 11.5 Å². The maximum Gasteiger partial charge on any atom is 0.0693 e. The number of aliphatic hydroxyl groups excluding tert-OH is 1. The van der Waals surface area contributed by atoms with Gasteiger partial charge in [-0.3, -0.25) is 0 Å². The van der Waals surface area contributed by atoms with Crippen LogP contribution in [0.3, 0.4) is 0 Å². The molecule has 2 unspecified atom stereocenters. The zero-order valence-corrected chi connectivity index (χ0v) is 11.4. The van der Waals surface area contributed by atoms with E-state index in [0.717, 1.165) is 19.4 Å². The third kappa shape index (κ3) is 3.96. The Balaban J connectivity index is 1.79. The van der Waals surface area contributed by atoms with Crippen LogP contribution in [0.25, 0.3) is 0 Å². The topological polar surface area (TPSA) is 32.3 Å². The van der Waals surface area contributed by atoms with Crippen LogP contribution in [0.4, 0.5) is 0 Å². The monoisotopic (exact) mass is 239 g/mol. The van der Waals surface area contributed by atoms with Gasteiger partial charge in [-0.1, -0.05) is 45.4 Å². The Morgan fingerprint density at radius 2 is 1.65 bits per heavy atom. The van der Waals surface area contributed by atoms with Crippen molar-refractivity contribution >= 4 is 0 Å². The normalized spacial score (nSPS) is 34.2. The average molecular weight is 239 g/mol. The zero-order valence-electron chi connectivity index (χ0n) is 11.4. The summed E-state index contributed by atoms with van der Waals surface area (Å²) < 4.78 is 0. The smallest absolute Gasteiger partial charge is 0.0693 e. The summed E-state index contributed by atoms with van der Waals surface area (Å²) in [6, 6.07) is 0.358. The third-order valence-electron chi connectivity index (χ3n) is 4.83. The molecule has 0 aromatic rings. The van der Waals surface area contributed by atoms with E-state index in [1.54, 1.807) is 0 Å². The van der Waals surface area contributed by atoms with Crippen molar-refractivity contribution in [2.75, 3.05) is 6.54 Å². The minimum Gasteiger partial charge on any atom is -0.392 e. The maximum atomic E-state index is 10.1. The summed E-state index contributed by atoms with van der Waals surface area (Å²) >= 11 is 0. The molecule has 2 nitrogen and oxygen atoms in total. The number of hydrogen-bond acceptors (Lipinski definition) is 2. The Hall–Kier alpha value is -0.0800. The molecule has 0 radical (unpaired) electrons. The largest absolute Gasteiger partial charge is 0.392 e. The van der Waals surface area contributed by atoms with E-state index in [1.807, 2.05) is 0 Å². The fourth-order valence-electron chi connectivity index (χ4n) is 3.49. The molecule has 0 heterocycles. The first-order valence-corrected chi connectivity index (χ1v) is 7.61. The predicted molar refractivity (Wildman–Crippen MR) is 72.1 cm³/mol. The highest BCUT2D eigenvalue weighted by Gasteiger charge is 2.29. The van der Waals surface area contributed by atoms with Crippen LogP contribution >= 0.6 is 0 Å². The first-order valence-electron chi connectivity index (χ1n) is 7.61. The number of nitrogens with one attached hydrogen (secondary N) is 1. The number of hydrogen-bond donors (Lipinski definition) is 2. The van der Waals surface area contributed by atoms with E-state index in [2.05, 4.69) is 12.2 Å². The quantitative estimate of drug-likeness (QED) is 0.741. The van der Waals surface area contributed by atoms with E-state index < -0.39 is 0 Å². The second-order valence-electron chi connectivity index (χ2n) is 6.56. The molecule has 0 aromatic carbocycles. The summed E-state index contributed by atoms with van der Waals surface area (Å²) in [5, 5.41) is 13.8. The van der Waals surface area contributed by atoms with Gasteiger partial charge in [0.25, 0.3) is 0 Å². The van der Waals surface area contributed by atoms with Gasteiger partial charge in [-0.25, -0.2) is 0 Å². The van der Waals surface area contributed by atoms with E-state index in [-0.39, 0.29) is 6.10 Å². The highest BCUT2D eigenvalue weighted by atomic mass is 16.3. The van der Waals surface area contributed by atoms with Gasteiger partial charge < -0.3 is 10.4 Å². The van der Waals surface area contributed by atoms with Crippen molar-refractivity contribution in [3.63, 3.8) is 0 Å². The molecule has 0 saturated heterocycles. The lowest BCUT2D eigenvalue weighted by Crippen LogP contribution is -2.44. The van der Waals surface area contributed by atoms with Gasteiger partial charge in [0, 0.05) is 12.6 Å². The summed E-state index contributed by atoms with van der Waals surface area (Å²) in [6.45, 7) is 3.52. The number of rotatable bonds is 3. The van der Waals surface area contributed by atoms with Crippen LogP contribution in [0.5, 0.6) is 0 Å². The molecule has 2 N–H and O–H groups in total. The highest BCUT2D eigenvalue weighted by Crippen LogP contribution is 2.35. The van der Waals surface area contributed by atoms with Gasteiger partial charge >= 0.3 is 0 Å². The summed E-state index contributed by atoms with van der Waals surface area (Å²) in [5.74, 6) is 0. The number of aliphatic hydroxyl groups is 1. The minimum atomic E-state index is -0.107. The Kier molecular flexibility index (Phi) is 4.87. The molecule has 2 saturated carbocycles. The van der Waals surface area contributed by atoms with Crippen molar-refractivity contribution in [2.45, 2.75) is 83.3 Å². The van der Waals surface area contributed by atoms with Crippen LogP contribution in [0.2, 0.25) is 0 Å². The van der Waals surface area contributed by atoms with E-state index in [1.165, 1.54) is 51.4 Å². The molecule has 2 rings (SSSR count). The highest BCUT2D eigenvalue weighted by molar-refractivity contribution is 4.85. The van der Waals surface area contributed by atoms with Crippen LogP contribution in [-0.2, 0) is 0 Å². The van der Waals surface area contributed by atoms with Crippen LogP contribution < -0.4 is 5.32 Å². The van der Waals surface area contributed by atoms with Gasteiger partial charge in [-0.15, -0.1) is 0 Å². The van der Waals surface area contributed by atoms with Gasteiger partial charge in [0.05, 0.1) is 6.10 Å². The summed E-state index contributed by atoms with van der Waals surface area (Å²) in [7, 11) is 0. The molecule has 2 heteroatoms. The van der Waals surface area contributed by atoms with E-state index in [4.69, 9.17) is 0 Å². The van der Waals surface area contributed by atoms with Gasteiger partial charge in [0.15, 0.2) is 0 Å². The van der Waals surface area contributed by atoms with Crippen molar-refractivity contribution in [3.05, 3.63) is 0 Å². The second-order valence-corrected chi connectivity index (χ2v) is 6.56. The molecule has 0 aliphatic heterocycles. The van der Waals surface area contributed by atoms with E-state index >= 15 is 0 Å². The van der Waals surface area contributed by atoms with Gasteiger partial charge in [-0.05, 0) is 31.1 Å². The molecular weight excluding hydrogens is 210 g/mol. The molecule has 17 heavy (non-hydrogen) atoms. The second kappa shape index (κ2) is 6.19. The molecule has 2 fully saturated rings. The SMILES string of the molecule is CC1(CNC2CCCCCC2O)CCCCC1. The fraction of sp³-hybridized carbons (Fsp3) is 1.00. The summed E-state index contributed by atoms with van der Waals surface area (Å²) in [6.07, 6.45) is 12.8. The van der Waals surface area contributed by atoms with Crippen LogP contribution in [-0.4, -0.2) is 23.8 Å². The zero-order chi connectivity index (χ0) is 12.1. The summed E-state index contributed by atoms with van der Waals surface area (Å²) in [5.41, 5.74) is 0.490.